The number of hydrogen-bond acceptors (Lipinski definition) is 3. The fourth-order valence-corrected chi connectivity index (χ4v) is 4.01. The summed E-state index contributed by atoms with van der Waals surface area (Å²) >= 11 is 0. The summed E-state index contributed by atoms with van der Waals surface area (Å²) in [7, 11) is 0. The van der Waals surface area contributed by atoms with Gasteiger partial charge in [0.1, 0.15) is 0 Å². The summed E-state index contributed by atoms with van der Waals surface area (Å²) in [5.74, 6) is 0.944. The molecule has 1 saturated carbocycles. The Morgan fingerprint density at radius 1 is 1.21 bits per heavy atom. The number of hydrogen-bond donors (Lipinski definition) is 1. The van der Waals surface area contributed by atoms with Crippen LogP contribution < -0.4 is 5.73 Å². The van der Waals surface area contributed by atoms with Crippen LogP contribution in [-0.2, 0) is 9.53 Å². The lowest BCUT2D eigenvalue weighted by Crippen LogP contribution is -2.49. The molecule has 0 aromatic heterocycles. The number of amides is 1. The fourth-order valence-electron chi connectivity index (χ4n) is 4.01. The molecule has 1 amide bonds. The number of likely N-dealkylation sites (tertiary alicyclic amines) is 1. The average molecular weight is 266 g/mol. The molecule has 0 radical (unpaired) electrons. The second kappa shape index (κ2) is 5.41. The molecule has 2 bridgehead atoms. The molecule has 4 nitrogen and oxygen atoms in total. The Hall–Kier alpha value is -0.610. The van der Waals surface area contributed by atoms with Crippen LogP contribution in [-0.4, -0.2) is 42.1 Å². The predicted octanol–water partition coefficient (Wildman–Crippen LogP) is 1.53. The summed E-state index contributed by atoms with van der Waals surface area (Å²) in [6.07, 6.45) is 7.32. The van der Waals surface area contributed by atoms with Crippen LogP contribution in [0, 0.1) is 11.8 Å². The number of carbonyl (C=O) groups excluding carboxylic acids is 1. The van der Waals surface area contributed by atoms with Gasteiger partial charge in [-0.05, 0) is 38.0 Å². The minimum absolute atomic E-state index is 0.129. The number of carbonyl (C=O) groups is 1. The van der Waals surface area contributed by atoms with Crippen molar-refractivity contribution >= 4 is 5.91 Å². The predicted molar refractivity (Wildman–Crippen MR) is 73.6 cm³/mol. The first-order valence-electron chi connectivity index (χ1n) is 7.83. The highest BCUT2D eigenvalue weighted by molar-refractivity contribution is 5.79. The lowest BCUT2D eigenvalue weighted by atomic mass is 9.78. The van der Waals surface area contributed by atoms with E-state index < -0.39 is 0 Å². The first-order valence-corrected chi connectivity index (χ1v) is 7.83. The third-order valence-electron chi connectivity index (χ3n) is 5.21. The summed E-state index contributed by atoms with van der Waals surface area (Å²) in [5, 5.41) is 0. The highest BCUT2D eigenvalue weighted by Crippen LogP contribution is 2.32. The van der Waals surface area contributed by atoms with Crippen molar-refractivity contribution in [2.75, 3.05) is 13.1 Å². The van der Waals surface area contributed by atoms with Gasteiger partial charge in [0.25, 0.3) is 0 Å². The van der Waals surface area contributed by atoms with Crippen LogP contribution in [0.15, 0.2) is 0 Å². The van der Waals surface area contributed by atoms with Crippen LogP contribution in [0.1, 0.15) is 45.4 Å². The number of ether oxygens (including phenoxy) is 1. The minimum atomic E-state index is 0.129. The summed E-state index contributed by atoms with van der Waals surface area (Å²) in [6, 6.07) is 0.301. The number of fused-ring (bicyclic) bond motifs is 2. The standard InChI is InChI=1S/C15H26N2O2/c1-10(11-3-2-4-12(16)7-11)15(18)17-8-13-5-6-14(9-17)19-13/h10-14H,2-9,16H2,1H3. The van der Waals surface area contributed by atoms with Crippen LogP contribution >= 0.6 is 0 Å². The van der Waals surface area contributed by atoms with Gasteiger partial charge in [-0.2, -0.15) is 0 Å². The van der Waals surface area contributed by atoms with Crippen LogP contribution in [0.25, 0.3) is 0 Å². The maximum Gasteiger partial charge on any atom is 0.225 e. The summed E-state index contributed by atoms with van der Waals surface area (Å²) < 4.78 is 5.81. The van der Waals surface area contributed by atoms with Crippen LogP contribution in [0.3, 0.4) is 0 Å². The van der Waals surface area contributed by atoms with Gasteiger partial charge in [0.2, 0.25) is 5.91 Å². The second-order valence-electron chi connectivity index (χ2n) is 6.68. The molecule has 19 heavy (non-hydrogen) atoms. The Kier molecular flexibility index (Phi) is 3.81. The van der Waals surface area contributed by atoms with Gasteiger partial charge in [0.05, 0.1) is 12.2 Å². The first kappa shape index (κ1) is 13.4. The fraction of sp³-hybridized carbons (Fsp3) is 0.933. The molecule has 2 heterocycles. The topological polar surface area (TPSA) is 55.6 Å². The molecule has 108 valence electrons. The van der Waals surface area contributed by atoms with E-state index in [-0.39, 0.29) is 5.92 Å². The maximum atomic E-state index is 12.7. The van der Waals surface area contributed by atoms with Gasteiger partial charge in [-0.1, -0.05) is 13.3 Å². The highest BCUT2D eigenvalue weighted by atomic mass is 16.5. The molecule has 0 spiro atoms. The average Bonchev–Trinajstić information content (AvgIpc) is 2.76. The monoisotopic (exact) mass is 266 g/mol. The molecule has 5 unspecified atom stereocenters. The largest absolute Gasteiger partial charge is 0.371 e. The molecule has 4 heteroatoms. The van der Waals surface area contributed by atoms with Gasteiger partial charge in [-0.15, -0.1) is 0 Å². The molecule has 0 aromatic rings. The Balaban J connectivity index is 1.60. The number of nitrogens with zero attached hydrogens (tertiary/aromatic N) is 1. The molecular weight excluding hydrogens is 240 g/mol. The Morgan fingerprint density at radius 3 is 2.53 bits per heavy atom. The molecule has 2 saturated heterocycles. The zero-order valence-corrected chi connectivity index (χ0v) is 11.9. The Morgan fingerprint density at radius 2 is 1.89 bits per heavy atom. The molecule has 3 fully saturated rings. The van der Waals surface area contributed by atoms with E-state index in [0.717, 1.165) is 45.2 Å². The van der Waals surface area contributed by atoms with Crippen molar-refractivity contribution in [3.63, 3.8) is 0 Å². The molecular formula is C15H26N2O2. The summed E-state index contributed by atoms with van der Waals surface area (Å²) in [6.45, 7) is 3.71. The Labute approximate surface area is 115 Å². The van der Waals surface area contributed by atoms with Crippen LogP contribution in [0.4, 0.5) is 0 Å². The van der Waals surface area contributed by atoms with Crippen molar-refractivity contribution in [2.24, 2.45) is 17.6 Å². The number of nitrogens with two attached hydrogens (primary N) is 1. The molecule has 3 rings (SSSR count). The van der Waals surface area contributed by atoms with Crippen molar-refractivity contribution < 1.29 is 9.53 Å². The van der Waals surface area contributed by atoms with E-state index >= 15 is 0 Å². The zero-order chi connectivity index (χ0) is 13.4. The van der Waals surface area contributed by atoms with Crippen molar-refractivity contribution in [2.45, 2.75) is 63.7 Å². The SMILES string of the molecule is CC(C(=O)N1CC2CCC(C1)O2)C1CCCC(N)C1. The van der Waals surface area contributed by atoms with E-state index in [9.17, 15) is 4.79 Å². The van der Waals surface area contributed by atoms with Crippen molar-refractivity contribution in [3.8, 4) is 0 Å². The third-order valence-corrected chi connectivity index (χ3v) is 5.21. The van der Waals surface area contributed by atoms with Crippen LogP contribution in [0.5, 0.6) is 0 Å². The molecule has 2 N–H and O–H groups in total. The van der Waals surface area contributed by atoms with Gasteiger partial charge in [0.15, 0.2) is 0 Å². The Bertz CT molecular complexity index is 335. The van der Waals surface area contributed by atoms with Crippen molar-refractivity contribution in [1.82, 2.24) is 4.90 Å². The summed E-state index contributed by atoms with van der Waals surface area (Å²) in [4.78, 5) is 14.7. The first-order chi connectivity index (χ1) is 9.13. The lowest BCUT2D eigenvalue weighted by Gasteiger charge is -2.37. The van der Waals surface area contributed by atoms with Crippen molar-refractivity contribution in [1.29, 1.82) is 0 Å². The van der Waals surface area contributed by atoms with E-state index in [2.05, 4.69) is 11.8 Å². The van der Waals surface area contributed by atoms with Gasteiger partial charge in [-0.3, -0.25) is 4.79 Å². The van der Waals surface area contributed by atoms with E-state index in [1.165, 1.54) is 6.42 Å². The van der Waals surface area contributed by atoms with Gasteiger partial charge in [-0.25, -0.2) is 0 Å². The van der Waals surface area contributed by atoms with E-state index in [1.807, 2.05) is 0 Å². The molecule has 1 aliphatic carbocycles. The minimum Gasteiger partial charge on any atom is -0.371 e. The zero-order valence-electron chi connectivity index (χ0n) is 11.9. The van der Waals surface area contributed by atoms with E-state index in [0.29, 0.717) is 30.1 Å². The van der Waals surface area contributed by atoms with E-state index in [4.69, 9.17) is 10.5 Å². The molecule has 2 aliphatic heterocycles. The quantitative estimate of drug-likeness (QED) is 0.824. The number of morpholine rings is 1. The van der Waals surface area contributed by atoms with Crippen LogP contribution in [0.2, 0.25) is 0 Å². The van der Waals surface area contributed by atoms with E-state index in [1.54, 1.807) is 0 Å². The molecule has 0 aromatic carbocycles. The molecule has 3 aliphatic rings. The normalized spacial score (nSPS) is 40.2. The van der Waals surface area contributed by atoms with Crippen molar-refractivity contribution in [3.05, 3.63) is 0 Å². The third kappa shape index (κ3) is 2.79. The second-order valence-corrected chi connectivity index (χ2v) is 6.68. The maximum absolute atomic E-state index is 12.7. The molecule has 5 atom stereocenters. The lowest BCUT2D eigenvalue weighted by molar-refractivity contribution is -0.145. The number of rotatable bonds is 2. The smallest absolute Gasteiger partial charge is 0.225 e. The summed E-state index contributed by atoms with van der Waals surface area (Å²) in [5.41, 5.74) is 6.05. The van der Waals surface area contributed by atoms with Gasteiger partial charge in [0, 0.05) is 25.0 Å². The highest BCUT2D eigenvalue weighted by Gasteiger charge is 2.38. The van der Waals surface area contributed by atoms with Gasteiger partial charge < -0.3 is 15.4 Å². The van der Waals surface area contributed by atoms with Gasteiger partial charge >= 0.3 is 0 Å².